The molecule has 0 unspecified atom stereocenters. The van der Waals surface area contributed by atoms with Gasteiger partial charge in [0.05, 0.1) is 17.2 Å². The molecule has 0 saturated carbocycles. The fourth-order valence-corrected chi connectivity index (χ4v) is 2.81. The smallest absolute Gasteiger partial charge is 0.349 e. The molecule has 3 rings (SSSR count). The molecule has 2 aliphatic rings. The highest BCUT2D eigenvalue weighted by Gasteiger charge is 2.37. The van der Waals surface area contributed by atoms with E-state index >= 15 is 0 Å². The molecule has 3 heterocycles. The second-order valence-electron chi connectivity index (χ2n) is 5.33. The lowest BCUT2D eigenvalue weighted by Crippen LogP contribution is -2.54. The van der Waals surface area contributed by atoms with Crippen molar-refractivity contribution in [2.45, 2.75) is 12.2 Å². The van der Waals surface area contributed by atoms with Crippen LogP contribution in [0.15, 0.2) is 12.3 Å². The van der Waals surface area contributed by atoms with Crippen molar-refractivity contribution < 1.29 is 18.0 Å². The van der Waals surface area contributed by atoms with E-state index in [1.54, 1.807) is 7.05 Å². The Kier molecular flexibility index (Phi) is 3.27. The van der Waals surface area contributed by atoms with Gasteiger partial charge in [0, 0.05) is 39.4 Å². The number of hydrogen-bond acceptors (Lipinski definition) is 4. The summed E-state index contributed by atoms with van der Waals surface area (Å²) in [5.41, 5.74) is -0.867. The molecule has 2 aliphatic heterocycles. The van der Waals surface area contributed by atoms with Gasteiger partial charge in [-0.05, 0) is 6.07 Å². The van der Waals surface area contributed by atoms with Gasteiger partial charge >= 0.3 is 6.18 Å². The van der Waals surface area contributed by atoms with Crippen LogP contribution in [-0.4, -0.2) is 55.1 Å². The SMILES string of the molecule is CN1C[C@H]2CNCCN2c2ncc(C(F)(F)F)cc2C1=O. The van der Waals surface area contributed by atoms with Crippen LogP contribution in [0.5, 0.6) is 0 Å². The Labute approximate surface area is 119 Å². The van der Waals surface area contributed by atoms with Crippen molar-refractivity contribution >= 4 is 11.7 Å². The minimum Gasteiger partial charge on any atom is -0.349 e. The van der Waals surface area contributed by atoms with Gasteiger partial charge in [-0.3, -0.25) is 4.79 Å². The number of alkyl halides is 3. The van der Waals surface area contributed by atoms with Gasteiger partial charge in [0.1, 0.15) is 5.82 Å². The van der Waals surface area contributed by atoms with Crippen LogP contribution >= 0.6 is 0 Å². The number of pyridine rings is 1. The molecule has 0 aliphatic carbocycles. The van der Waals surface area contributed by atoms with E-state index in [1.807, 2.05) is 4.90 Å². The summed E-state index contributed by atoms with van der Waals surface area (Å²) in [5, 5.41) is 3.23. The molecule has 1 atom stereocenters. The minimum atomic E-state index is -4.50. The van der Waals surface area contributed by atoms with Crippen molar-refractivity contribution in [3.63, 3.8) is 0 Å². The molecule has 0 bridgehead atoms. The van der Waals surface area contributed by atoms with Gasteiger partial charge < -0.3 is 15.1 Å². The number of fused-ring (bicyclic) bond motifs is 3. The summed E-state index contributed by atoms with van der Waals surface area (Å²) in [6.07, 6.45) is -3.70. The Morgan fingerprint density at radius 2 is 2.19 bits per heavy atom. The summed E-state index contributed by atoms with van der Waals surface area (Å²) < 4.78 is 38.5. The van der Waals surface area contributed by atoms with Crippen molar-refractivity contribution in [2.75, 3.05) is 38.1 Å². The molecule has 1 aromatic rings. The molecule has 0 spiro atoms. The first-order valence-electron chi connectivity index (χ1n) is 6.68. The highest BCUT2D eigenvalue weighted by Crippen LogP contribution is 2.33. The maximum Gasteiger partial charge on any atom is 0.417 e. The number of rotatable bonds is 0. The molecule has 1 saturated heterocycles. The number of carbonyl (C=O) groups is 1. The Morgan fingerprint density at radius 3 is 2.90 bits per heavy atom. The van der Waals surface area contributed by atoms with E-state index in [4.69, 9.17) is 0 Å². The molecule has 0 aromatic carbocycles. The maximum absolute atomic E-state index is 12.8. The number of halogens is 3. The van der Waals surface area contributed by atoms with Crippen molar-refractivity contribution in [2.24, 2.45) is 0 Å². The quantitative estimate of drug-likeness (QED) is 0.775. The summed E-state index contributed by atoms with van der Waals surface area (Å²) >= 11 is 0. The third kappa shape index (κ3) is 2.44. The normalized spacial score (nSPS) is 22.7. The third-order valence-corrected chi connectivity index (χ3v) is 3.88. The van der Waals surface area contributed by atoms with Crippen LogP contribution in [0.25, 0.3) is 0 Å². The van der Waals surface area contributed by atoms with Gasteiger partial charge in [0.25, 0.3) is 5.91 Å². The lowest BCUT2D eigenvalue weighted by Gasteiger charge is -2.36. The molecule has 1 fully saturated rings. The number of nitrogens with zero attached hydrogens (tertiary/aromatic N) is 3. The molecule has 21 heavy (non-hydrogen) atoms. The van der Waals surface area contributed by atoms with E-state index in [9.17, 15) is 18.0 Å². The summed E-state index contributed by atoms with van der Waals surface area (Å²) in [4.78, 5) is 19.7. The standard InChI is InChI=1S/C13H15F3N4O/c1-19-7-9-6-17-2-3-20(9)11-10(12(19)21)4-8(5-18-11)13(14,15)16/h4-5,9,17H,2-3,6-7H2,1H3/t9-/m1/s1. The van der Waals surface area contributed by atoms with Crippen molar-refractivity contribution in [1.29, 1.82) is 0 Å². The van der Waals surface area contributed by atoms with Gasteiger partial charge in [-0.15, -0.1) is 0 Å². The average Bonchev–Trinajstić information content (AvgIpc) is 2.55. The Bertz CT molecular complexity index is 575. The van der Waals surface area contributed by atoms with E-state index in [1.165, 1.54) is 4.90 Å². The topological polar surface area (TPSA) is 48.5 Å². The molecular formula is C13H15F3N4O. The van der Waals surface area contributed by atoms with Gasteiger partial charge in [0.2, 0.25) is 0 Å². The lowest BCUT2D eigenvalue weighted by atomic mass is 10.1. The Hall–Kier alpha value is -1.83. The van der Waals surface area contributed by atoms with Crippen LogP contribution < -0.4 is 10.2 Å². The monoisotopic (exact) mass is 300 g/mol. The molecule has 1 amide bonds. The first-order valence-corrected chi connectivity index (χ1v) is 6.68. The molecule has 1 aromatic heterocycles. The maximum atomic E-state index is 12.8. The van der Waals surface area contributed by atoms with Crippen LogP contribution in [0.3, 0.4) is 0 Å². The number of amides is 1. The molecule has 0 radical (unpaired) electrons. The van der Waals surface area contributed by atoms with Gasteiger partial charge in [-0.1, -0.05) is 0 Å². The molecule has 1 N–H and O–H groups in total. The second-order valence-corrected chi connectivity index (χ2v) is 5.33. The average molecular weight is 300 g/mol. The van der Waals surface area contributed by atoms with Crippen molar-refractivity contribution in [3.8, 4) is 0 Å². The van der Waals surface area contributed by atoms with E-state index in [-0.39, 0.29) is 11.6 Å². The molecule has 5 nitrogen and oxygen atoms in total. The van der Waals surface area contributed by atoms with Crippen molar-refractivity contribution in [1.82, 2.24) is 15.2 Å². The molecule has 114 valence electrons. The largest absolute Gasteiger partial charge is 0.417 e. The van der Waals surface area contributed by atoms with Crippen LogP contribution in [0.2, 0.25) is 0 Å². The van der Waals surface area contributed by atoms with Crippen LogP contribution in [-0.2, 0) is 6.18 Å². The summed E-state index contributed by atoms with van der Waals surface area (Å²) in [6.45, 7) is 2.48. The molecule has 8 heteroatoms. The second kappa shape index (κ2) is 4.87. The summed E-state index contributed by atoms with van der Waals surface area (Å²) in [6, 6.07) is 0.934. The summed E-state index contributed by atoms with van der Waals surface area (Å²) in [7, 11) is 1.60. The molecular weight excluding hydrogens is 285 g/mol. The number of hydrogen-bond donors (Lipinski definition) is 1. The number of piperazine rings is 1. The number of likely N-dealkylation sites (N-methyl/N-ethyl adjacent to an activating group) is 1. The number of aromatic nitrogens is 1. The highest BCUT2D eigenvalue weighted by molar-refractivity contribution is 5.99. The van der Waals surface area contributed by atoms with Crippen molar-refractivity contribution in [3.05, 3.63) is 23.4 Å². The van der Waals surface area contributed by atoms with Crippen LogP contribution in [0.4, 0.5) is 19.0 Å². The van der Waals surface area contributed by atoms with E-state index in [0.29, 0.717) is 25.5 Å². The van der Waals surface area contributed by atoms with Gasteiger partial charge in [-0.25, -0.2) is 4.98 Å². The van der Waals surface area contributed by atoms with E-state index in [2.05, 4.69) is 10.3 Å². The fraction of sp³-hybridized carbons (Fsp3) is 0.538. The zero-order valence-corrected chi connectivity index (χ0v) is 11.4. The van der Waals surface area contributed by atoms with Crippen LogP contribution in [0.1, 0.15) is 15.9 Å². The van der Waals surface area contributed by atoms with E-state index in [0.717, 1.165) is 18.8 Å². The number of anilines is 1. The number of carbonyl (C=O) groups excluding carboxylic acids is 1. The fourth-order valence-electron chi connectivity index (χ4n) is 2.81. The summed E-state index contributed by atoms with van der Waals surface area (Å²) in [5.74, 6) is -0.0677. The Balaban J connectivity index is 2.11. The lowest BCUT2D eigenvalue weighted by molar-refractivity contribution is -0.137. The predicted octanol–water partition coefficient (Wildman–Crippen LogP) is 0.964. The highest BCUT2D eigenvalue weighted by atomic mass is 19.4. The first-order chi connectivity index (χ1) is 9.88. The van der Waals surface area contributed by atoms with Gasteiger partial charge in [0.15, 0.2) is 0 Å². The van der Waals surface area contributed by atoms with Crippen LogP contribution in [0, 0.1) is 0 Å². The number of nitrogens with one attached hydrogen (secondary N) is 1. The van der Waals surface area contributed by atoms with Gasteiger partial charge in [-0.2, -0.15) is 13.2 Å². The Morgan fingerprint density at radius 1 is 1.43 bits per heavy atom. The zero-order valence-electron chi connectivity index (χ0n) is 11.4. The minimum absolute atomic E-state index is 0.0247. The third-order valence-electron chi connectivity index (χ3n) is 3.88. The predicted molar refractivity (Wildman–Crippen MR) is 70.2 cm³/mol. The first kappa shape index (κ1) is 14.1. The van der Waals surface area contributed by atoms with E-state index < -0.39 is 17.6 Å². The zero-order chi connectivity index (χ0) is 15.2.